The summed E-state index contributed by atoms with van der Waals surface area (Å²) in [5, 5.41) is 6.83. The number of H-pyrrole nitrogens is 1. The number of aromatic amines is 1. The molecule has 6 nitrogen and oxygen atoms in total. The van der Waals surface area contributed by atoms with Crippen molar-refractivity contribution < 1.29 is 9.59 Å². The molecule has 1 fully saturated rings. The lowest BCUT2D eigenvalue weighted by atomic mass is 10.1. The molecule has 2 aromatic carbocycles. The second-order valence-corrected chi connectivity index (χ2v) is 6.44. The topological polar surface area (TPSA) is 77.2 Å². The van der Waals surface area contributed by atoms with Gasteiger partial charge in [-0.05, 0) is 54.6 Å². The summed E-state index contributed by atoms with van der Waals surface area (Å²) in [6.45, 7) is 1.59. The van der Waals surface area contributed by atoms with Crippen LogP contribution in [0.3, 0.4) is 0 Å². The SMILES string of the molecule is O=C(Nc1cccc(NC(=O)N2CCCC2)c1)c1ccc2cc[nH]c2c1. The van der Waals surface area contributed by atoms with Crippen molar-refractivity contribution in [2.24, 2.45) is 0 Å². The number of amides is 3. The molecule has 0 atom stereocenters. The van der Waals surface area contributed by atoms with Gasteiger partial charge in [-0.3, -0.25) is 4.79 Å². The van der Waals surface area contributed by atoms with Crippen molar-refractivity contribution in [3.8, 4) is 0 Å². The van der Waals surface area contributed by atoms with E-state index in [0.717, 1.165) is 36.8 Å². The smallest absolute Gasteiger partial charge is 0.321 e. The van der Waals surface area contributed by atoms with E-state index in [9.17, 15) is 9.59 Å². The van der Waals surface area contributed by atoms with Gasteiger partial charge >= 0.3 is 6.03 Å². The maximum atomic E-state index is 12.5. The zero-order valence-electron chi connectivity index (χ0n) is 14.3. The van der Waals surface area contributed by atoms with Crippen LogP contribution in [0.15, 0.2) is 54.7 Å². The minimum Gasteiger partial charge on any atom is -0.361 e. The molecular weight excluding hydrogens is 328 g/mol. The normalized spacial score (nSPS) is 13.8. The Labute approximate surface area is 151 Å². The fraction of sp³-hybridized carbons (Fsp3) is 0.200. The highest BCUT2D eigenvalue weighted by atomic mass is 16.2. The average Bonchev–Trinajstić information content (AvgIpc) is 3.33. The first-order valence-electron chi connectivity index (χ1n) is 8.73. The number of benzene rings is 2. The van der Waals surface area contributed by atoms with Crippen molar-refractivity contribution in [2.75, 3.05) is 23.7 Å². The molecule has 1 aromatic heterocycles. The number of carbonyl (C=O) groups is 2. The number of likely N-dealkylation sites (tertiary alicyclic amines) is 1. The molecule has 3 aromatic rings. The van der Waals surface area contributed by atoms with Crippen LogP contribution in [0.25, 0.3) is 10.9 Å². The van der Waals surface area contributed by atoms with Crippen LogP contribution in [0.2, 0.25) is 0 Å². The molecule has 3 amide bonds. The van der Waals surface area contributed by atoms with Crippen molar-refractivity contribution >= 4 is 34.2 Å². The number of hydrogen-bond acceptors (Lipinski definition) is 2. The Morgan fingerprint density at radius 2 is 1.69 bits per heavy atom. The first kappa shape index (κ1) is 16.2. The van der Waals surface area contributed by atoms with Crippen LogP contribution in [0.4, 0.5) is 16.2 Å². The summed E-state index contributed by atoms with van der Waals surface area (Å²) in [6.07, 6.45) is 3.95. The van der Waals surface area contributed by atoms with Crippen LogP contribution in [0.1, 0.15) is 23.2 Å². The van der Waals surface area contributed by atoms with Crippen LogP contribution in [-0.4, -0.2) is 34.9 Å². The fourth-order valence-corrected chi connectivity index (χ4v) is 3.19. The molecule has 0 spiro atoms. The molecule has 2 heterocycles. The number of nitrogens with one attached hydrogen (secondary N) is 3. The molecule has 0 saturated carbocycles. The van der Waals surface area contributed by atoms with Crippen molar-refractivity contribution in [2.45, 2.75) is 12.8 Å². The summed E-state index contributed by atoms with van der Waals surface area (Å²) >= 11 is 0. The Kier molecular flexibility index (Phi) is 4.31. The molecule has 3 N–H and O–H groups in total. The van der Waals surface area contributed by atoms with Gasteiger partial charge in [0.25, 0.3) is 5.91 Å². The minimum absolute atomic E-state index is 0.0943. The molecule has 132 valence electrons. The number of urea groups is 1. The average molecular weight is 348 g/mol. The van der Waals surface area contributed by atoms with E-state index in [0.29, 0.717) is 16.9 Å². The third kappa shape index (κ3) is 3.39. The summed E-state index contributed by atoms with van der Waals surface area (Å²) in [7, 11) is 0. The van der Waals surface area contributed by atoms with E-state index in [1.54, 1.807) is 23.1 Å². The molecule has 4 rings (SSSR count). The first-order chi connectivity index (χ1) is 12.7. The monoisotopic (exact) mass is 348 g/mol. The second kappa shape index (κ2) is 6.92. The largest absolute Gasteiger partial charge is 0.361 e. The lowest BCUT2D eigenvalue weighted by molar-refractivity contribution is 0.102. The standard InChI is InChI=1S/C20H20N4O2/c25-19(15-7-6-14-8-9-21-18(14)12-15)22-16-4-3-5-17(13-16)23-20(26)24-10-1-2-11-24/h3-9,12-13,21H,1-2,10-11H2,(H,22,25)(H,23,26). The molecule has 6 heteroatoms. The summed E-state index contributed by atoms with van der Waals surface area (Å²) in [5.41, 5.74) is 2.80. The molecule has 0 aliphatic carbocycles. The van der Waals surface area contributed by atoms with Gasteiger partial charge in [-0.1, -0.05) is 12.1 Å². The van der Waals surface area contributed by atoms with E-state index >= 15 is 0 Å². The summed E-state index contributed by atoms with van der Waals surface area (Å²) < 4.78 is 0. The van der Waals surface area contributed by atoms with E-state index in [1.165, 1.54) is 0 Å². The molecule has 1 aliphatic rings. The highest BCUT2D eigenvalue weighted by Gasteiger charge is 2.17. The van der Waals surface area contributed by atoms with Gasteiger partial charge < -0.3 is 20.5 Å². The molecular formula is C20H20N4O2. The van der Waals surface area contributed by atoms with Gasteiger partial charge in [-0.15, -0.1) is 0 Å². The lowest BCUT2D eigenvalue weighted by Crippen LogP contribution is -2.32. The first-order valence-corrected chi connectivity index (χ1v) is 8.73. The predicted molar refractivity (Wildman–Crippen MR) is 103 cm³/mol. The van der Waals surface area contributed by atoms with Crippen molar-refractivity contribution in [1.29, 1.82) is 0 Å². The number of carbonyl (C=O) groups excluding carboxylic acids is 2. The van der Waals surface area contributed by atoms with Crippen LogP contribution in [-0.2, 0) is 0 Å². The highest BCUT2D eigenvalue weighted by molar-refractivity contribution is 6.06. The van der Waals surface area contributed by atoms with E-state index in [1.807, 2.05) is 36.5 Å². The molecule has 1 aliphatic heterocycles. The van der Waals surface area contributed by atoms with E-state index in [4.69, 9.17) is 0 Å². The zero-order valence-corrected chi connectivity index (χ0v) is 14.3. The maximum absolute atomic E-state index is 12.5. The number of nitrogens with zero attached hydrogens (tertiary/aromatic N) is 1. The van der Waals surface area contributed by atoms with E-state index in [-0.39, 0.29) is 11.9 Å². The number of hydrogen-bond donors (Lipinski definition) is 3. The molecule has 0 bridgehead atoms. The lowest BCUT2D eigenvalue weighted by Gasteiger charge is -2.16. The zero-order chi connectivity index (χ0) is 17.9. The maximum Gasteiger partial charge on any atom is 0.321 e. The Balaban J connectivity index is 1.45. The molecule has 0 radical (unpaired) electrons. The van der Waals surface area contributed by atoms with E-state index in [2.05, 4.69) is 15.6 Å². The van der Waals surface area contributed by atoms with Gasteiger partial charge in [0.05, 0.1) is 0 Å². The van der Waals surface area contributed by atoms with Gasteiger partial charge in [0.1, 0.15) is 0 Å². The number of aromatic nitrogens is 1. The molecule has 1 saturated heterocycles. The van der Waals surface area contributed by atoms with Gasteiger partial charge in [0.2, 0.25) is 0 Å². The summed E-state index contributed by atoms with van der Waals surface area (Å²) in [4.78, 5) is 29.6. The minimum atomic E-state index is -0.190. The molecule has 26 heavy (non-hydrogen) atoms. The van der Waals surface area contributed by atoms with Gasteiger partial charge in [0.15, 0.2) is 0 Å². The van der Waals surface area contributed by atoms with Crippen LogP contribution >= 0.6 is 0 Å². The quantitative estimate of drug-likeness (QED) is 0.668. The Morgan fingerprint density at radius 1 is 0.923 bits per heavy atom. The fourth-order valence-electron chi connectivity index (χ4n) is 3.19. The van der Waals surface area contributed by atoms with Crippen molar-refractivity contribution in [1.82, 2.24) is 9.88 Å². The van der Waals surface area contributed by atoms with Crippen LogP contribution in [0, 0.1) is 0 Å². The van der Waals surface area contributed by atoms with Gasteiger partial charge in [0, 0.05) is 41.7 Å². The van der Waals surface area contributed by atoms with Crippen molar-refractivity contribution in [3.63, 3.8) is 0 Å². The Hall–Kier alpha value is -3.28. The van der Waals surface area contributed by atoms with Gasteiger partial charge in [-0.2, -0.15) is 0 Å². The van der Waals surface area contributed by atoms with E-state index < -0.39 is 0 Å². The third-order valence-electron chi connectivity index (χ3n) is 4.58. The second-order valence-electron chi connectivity index (χ2n) is 6.44. The predicted octanol–water partition coefficient (Wildman–Crippen LogP) is 4.05. The van der Waals surface area contributed by atoms with Crippen molar-refractivity contribution in [3.05, 3.63) is 60.3 Å². The third-order valence-corrected chi connectivity index (χ3v) is 4.58. The summed E-state index contributed by atoms with van der Waals surface area (Å²) in [5.74, 6) is -0.190. The highest BCUT2D eigenvalue weighted by Crippen LogP contribution is 2.19. The number of anilines is 2. The van der Waals surface area contributed by atoms with Crippen LogP contribution < -0.4 is 10.6 Å². The Bertz CT molecular complexity index is 957. The molecule has 0 unspecified atom stereocenters. The van der Waals surface area contributed by atoms with Crippen LogP contribution in [0.5, 0.6) is 0 Å². The Morgan fingerprint density at radius 3 is 2.50 bits per heavy atom. The van der Waals surface area contributed by atoms with Gasteiger partial charge in [-0.25, -0.2) is 4.79 Å². The number of rotatable bonds is 3. The summed E-state index contributed by atoms with van der Waals surface area (Å²) in [6, 6.07) is 14.6. The number of fused-ring (bicyclic) bond motifs is 1.